The van der Waals surface area contributed by atoms with Crippen molar-refractivity contribution in [3.63, 3.8) is 0 Å². The summed E-state index contributed by atoms with van der Waals surface area (Å²) in [6.07, 6.45) is 3.23. The lowest BCUT2D eigenvalue weighted by Crippen LogP contribution is -2.12. The average Bonchev–Trinajstić information content (AvgIpc) is 3.14. The molecular weight excluding hydrogens is 326 g/mol. The molecule has 1 amide bonds. The normalized spacial score (nSPS) is 10.2. The van der Waals surface area contributed by atoms with Crippen LogP contribution in [0.1, 0.15) is 16.1 Å². The molecule has 3 rings (SSSR count). The second kappa shape index (κ2) is 7.56. The highest BCUT2D eigenvalue weighted by Crippen LogP contribution is 2.29. The van der Waals surface area contributed by atoms with Crippen LogP contribution in [0.15, 0.2) is 53.6 Å². The van der Waals surface area contributed by atoms with Crippen LogP contribution >= 0.6 is 11.3 Å². The summed E-state index contributed by atoms with van der Waals surface area (Å²) in [4.78, 5) is 20.4. The van der Waals surface area contributed by atoms with Gasteiger partial charge in [-0.2, -0.15) is 0 Å². The Morgan fingerprint density at radius 2 is 2.04 bits per heavy atom. The Morgan fingerprint density at radius 1 is 1.21 bits per heavy atom. The summed E-state index contributed by atoms with van der Waals surface area (Å²) in [5.41, 5.74) is 3.76. The molecule has 0 saturated carbocycles. The quantitative estimate of drug-likeness (QED) is 0.744. The van der Waals surface area contributed by atoms with E-state index in [1.165, 1.54) is 18.4 Å². The molecule has 122 valence electrons. The number of pyridine rings is 1. The molecule has 2 heterocycles. The molecule has 0 aliphatic heterocycles. The Hall–Kier alpha value is -2.93. The Bertz CT molecular complexity index is 807. The largest absolute Gasteiger partial charge is 0.493 e. The number of aromatic nitrogens is 2. The van der Waals surface area contributed by atoms with Crippen molar-refractivity contribution in [3.05, 3.63) is 64.9 Å². The molecule has 1 N–H and O–H groups in total. The van der Waals surface area contributed by atoms with Crippen LogP contribution in [0.25, 0.3) is 0 Å². The van der Waals surface area contributed by atoms with Gasteiger partial charge < -0.3 is 14.8 Å². The summed E-state index contributed by atoms with van der Waals surface area (Å²) < 4.78 is 11.0. The van der Waals surface area contributed by atoms with Crippen molar-refractivity contribution < 1.29 is 14.3 Å². The highest BCUT2D eigenvalue weighted by molar-refractivity contribution is 7.07. The number of anilines is 1. The highest BCUT2D eigenvalue weighted by atomic mass is 32.1. The fourth-order valence-electron chi connectivity index (χ4n) is 2.03. The lowest BCUT2D eigenvalue weighted by Gasteiger charge is -2.11. The molecule has 0 aliphatic carbocycles. The Labute approximate surface area is 143 Å². The van der Waals surface area contributed by atoms with E-state index in [0.717, 1.165) is 5.69 Å². The summed E-state index contributed by atoms with van der Waals surface area (Å²) in [5.74, 6) is 0.823. The van der Waals surface area contributed by atoms with Gasteiger partial charge in [0.2, 0.25) is 0 Å². The maximum absolute atomic E-state index is 12.3. The first-order valence-electron chi connectivity index (χ1n) is 7.15. The predicted molar refractivity (Wildman–Crippen MR) is 91.6 cm³/mol. The smallest absolute Gasteiger partial charge is 0.255 e. The van der Waals surface area contributed by atoms with Crippen LogP contribution in [0.5, 0.6) is 11.5 Å². The van der Waals surface area contributed by atoms with Gasteiger partial charge >= 0.3 is 0 Å². The van der Waals surface area contributed by atoms with Gasteiger partial charge in [0.15, 0.2) is 11.5 Å². The molecule has 0 unspecified atom stereocenters. The lowest BCUT2D eigenvalue weighted by atomic mass is 10.2. The lowest BCUT2D eigenvalue weighted by molar-refractivity contribution is 0.102. The van der Waals surface area contributed by atoms with E-state index in [1.54, 1.807) is 48.2 Å². The van der Waals surface area contributed by atoms with Crippen molar-refractivity contribution in [2.45, 2.75) is 6.61 Å². The first-order chi connectivity index (χ1) is 11.8. The zero-order chi connectivity index (χ0) is 16.8. The molecule has 2 aromatic heterocycles. The third kappa shape index (κ3) is 3.88. The number of thiazole rings is 1. The zero-order valence-corrected chi connectivity index (χ0v) is 13.7. The summed E-state index contributed by atoms with van der Waals surface area (Å²) in [6, 6.07) is 8.50. The van der Waals surface area contributed by atoms with Crippen LogP contribution in [0.3, 0.4) is 0 Å². The molecule has 0 fully saturated rings. The number of carbonyl (C=O) groups excluding carboxylic acids is 1. The molecule has 24 heavy (non-hydrogen) atoms. The first-order valence-corrected chi connectivity index (χ1v) is 8.10. The minimum absolute atomic E-state index is 0.231. The number of hydrogen-bond donors (Lipinski definition) is 1. The van der Waals surface area contributed by atoms with Gasteiger partial charge in [-0.15, -0.1) is 11.3 Å². The molecular formula is C17H15N3O3S. The van der Waals surface area contributed by atoms with Gasteiger partial charge in [-0.3, -0.25) is 9.78 Å². The molecule has 6 nitrogen and oxygen atoms in total. The monoisotopic (exact) mass is 341 g/mol. The van der Waals surface area contributed by atoms with Crippen molar-refractivity contribution in [2.75, 3.05) is 12.4 Å². The topological polar surface area (TPSA) is 73.3 Å². The van der Waals surface area contributed by atoms with Crippen molar-refractivity contribution in [3.8, 4) is 11.5 Å². The van der Waals surface area contributed by atoms with Gasteiger partial charge in [0, 0.05) is 29.0 Å². The van der Waals surface area contributed by atoms with Crippen molar-refractivity contribution in [1.29, 1.82) is 0 Å². The molecule has 1 aromatic carbocycles. The summed E-state index contributed by atoms with van der Waals surface area (Å²) >= 11 is 1.51. The van der Waals surface area contributed by atoms with Crippen LogP contribution in [-0.2, 0) is 6.61 Å². The Balaban J connectivity index is 1.72. The minimum atomic E-state index is -0.231. The number of benzene rings is 1. The molecule has 0 aliphatic rings. The highest BCUT2D eigenvalue weighted by Gasteiger charge is 2.12. The molecule has 0 atom stereocenters. The third-order valence-corrected chi connectivity index (χ3v) is 3.86. The Kier molecular flexibility index (Phi) is 5.02. The second-order valence-corrected chi connectivity index (χ2v) is 5.54. The van der Waals surface area contributed by atoms with Gasteiger partial charge in [0.05, 0.1) is 18.3 Å². The van der Waals surface area contributed by atoms with Crippen LogP contribution in [-0.4, -0.2) is 23.0 Å². The fraction of sp³-hybridized carbons (Fsp3) is 0.118. The van der Waals surface area contributed by atoms with E-state index in [-0.39, 0.29) is 5.91 Å². The van der Waals surface area contributed by atoms with Crippen molar-refractivity contribution >= 4 is 22.9 Å². The number of amides is 1. The van der Waals surface area contributed by atoms with Crippen LogP contribution in [0.2, 0.25) is 0 Å². The van der Waals surface area contributed by atoms with Gasteiger partial charge in [0.25, 0.3) is 5.91 Å². The van der Waals surface area contributed by atoms with Gasteiger partial charge in [0.1, 0.15) is 6.61 Å². The number of nitrogens with one attached hydrogen (secondary N) is 1. The number of hydrogen-bond acceptors (Lipinski definition) is 6. The molecule has 7 heteroatoms. The molecule has 0 saturated heterocycles. The zero-order valence-electron chi connectivity index (χ0n) is 12.9. The molecule has 0 spiro atoms. The summed E-state index contributed by atoms with van der Waals surface area (Å²) in [7, 11) is 1.54. The van der Waals surface area contributed by atoms with Gasteiger partial charge in [-0.1, -0.05) is 0 Å². The van der Waals surface area contributed by atoms with Crippen LogP contribution in [0.4, 0.5) is 5.69 Å². The van der Waals surface area contributed by atoms with Crippen molar-refractivity contribution in [2.24, 2.45) is 0 Å². The number of methoxy groups -OCH3 is 1. The number of nitrogens with zero attached hydrogens (tertiary/aromatic N) is 2. The Morgan fingerprint density at radius 3 is 2.75 bits per heavy atom. The van der Waals surface area contributed by atoms with E-state index in [9.17, 15) is 4.79 Å². The van der Waals surface area contributed by atoms with E-state index in [2.05, 4.69) is 15.3 Å². The van der Waals surface area contributed by atoms with E-state index < -0.39 is 0 Å². The molecule has 3 aromatic rings. The maximum Gasteiger partial charge on any atom is 0.255 e. The summed E-state index contributed by atoms with van der Waals surface area (Å²) in [5, 5.41) is 4.72. The fourth-order valence-corrected chi connectivity index (χ4v) is 2.57. The van der Waals surface area contributed by atoms with E-state index >= 15 is 0 Å². The van der Waals surface area contributed by atoms with Gasteiger partial charge in [-0.25, -0.2) is 4.98 Å². The third-order valence-electron chi connectivity index (χ3n) is 3.22. The van der Waals surface area contributed by atoms with Crippen LogP contribution < -0.4 is 14.8 Å². The van der Waals surface area contributed by atoms with Gasteiger partial charge in [-0.05, 0) is 30.3 Å². The maximum atomic E-state index is 12.3. The first kappa shape index (κ1) is 15.9. The van der Waals surface area contributed by atoms with Crippen molar-refractivity contribution in [1.82, 2.24) is 9.97 Å². The minimum Gasteiger partial charge on any atom is -0.493 e. The average molecular weight is 341 g/mol. The van der Waals surface area contributed by atoms with E-state index in [0.29, 0.717) is 29.4 Å². The SMILES string of the molecule is COc1cc(C(=O)Nc2ccncc2)ccc1OCc1cscn1. The molecule has 0 radical (unpaired) electrons. The second-order valence-electron chi connectivity index (χ2n) is 4.82. The summed E-state index contributed by atoms with van der Waals surface area (Å²) in [6.45, 7) is 0.350. The number of ether oxygens (including phenoxy) is 2. The standard InChI is InChI=1S/C17H15N3O3S/c1-22-16-8-12(17(21)20-13-4-6-18-7-5-13)2-3-15(16)23-9-14-10-24-11-19-14/h2-8,10-11H,9H2,1H3,(H,18,20,21). The number of rotatable bonds is 6. The van der Waals surface area contributed by atoms with E-state index in [1.807, 2.05) is 5.38 Å². The van der Waals surface area contributed by atoms with E-state index in [4.69, 9.17) is 9.47 Å². The van der Waals surface area contributed by atoms with Crippen LogP contribution in [0, 0.1) is 0 Å². The predicted octanol–water partition coefficient (Wildman–Crippen LogP) is 3.38. The molecule has 0 bridgehead atoms. The number of carbonyl (C=O) groups is 1.